The van der Waals surface area contributed by atoms with Crippen molar-refractivity contribution in [1.29, 1.82) is 0 Å². The van der Waals surface area contributed by atoms with E-state index in [1.807, 2.05) is 0 Å². The van der Waals surface area contributed by atoms with Crippen molar-refractivity contribution in [3.63, 3.8) is 0 Å². The lowest BCUT2D eigenvalue weighted by Gasteiger charge is -2.48. The highest BCUT2D eigenvalue weighted by molar-refractivity contribution is 7.92. The molecule has 3 fully saturated rings. The van der Waals surface area contributed by atoms with Crippen molar-refractivity contribution >= 4 is 9.84 Å². The summed E-state index contributed by atoms with van der Waals surface area (Å²) in [5, 5.41) is 0.0307. The van der Waals surface area contributed by atoms with E-state index in [2.05, 4.69) is 27.7 Å². The number of fused-ring (bicyclic) bond motifs is 1. The third kappa shape index (κ3) is 1.20. The van der Waals surface area contributed by atoms with Crippen molar-refractivity contribution in [2.75, 3.05) is 5.75 Å². The van der Waals surface area contributed by atoms with Gasteiger partial charge in [0.25, 0.3) is 0 Å². The lowest BCUT2D eigenvalue weighted by Crippen LogP contribution is -2.45. The fourth-order valence-electron chi connectivity index (χ4n) is 6.06. The first-order valence-corrected chi connectivity index (χ1v) is 8.75. The van der Waals surface area contributed by atoms with Gasteiger partial charge in [-0.3, -0.25) is 0 Å². The first-order valence-electron chi connectivity index (χ1n) is 7.03. The maximum Gasteiger partial charge on any atom is 0.153 e. The smallest absolute Gasteiger partial charge is 0.153 e. The van der Waals surface area contributed by atoms with E-state index in [0.29, 0.717) is 40.8 Å². The summed E-state index contributed by atoms with van der Waals surface area (Å²) in [5.74, 6) is 3.31. The summed E-state index contributed by atoms with van der Waals surface area (Å²) in [6.07, 6.45) is 2.14. The first kappa shape index (κ1) is 12.0. The van der Waals surface area contributed by atoms with E-state index in [1.165, 1.54) is 6.42 Å². The number of rotatable bonds is 2. The molecule has 0 N–H and O–H groups in total. The summed E-state index contributed by atoms with van der Waals surface area (Å²) < 4.78 is 24.4. The summed E-state index contributed by atoms with van der Waals surface area (Å²) >= 11 is 0. The van der Waals surface area contributed by atoms with Gasteiger partial charge in [-0.2, -0.15) is 0 Å². The molecular weight excluding hydrogens is 232 g/mol. The van der Waals surface area contributed by atoms with Crippen molar-refractivity contribution in [2.45, 2.75) is 45.8 Å². The zero-order valence-electron chi connectivity index (χ0n) is 11.3. The Morgan fingerprint density at radius 3 is 2.18 bits per heavy atom. The van der Waals surface area contributed by atoms with Gasteiger partial charge in [0, 0.05) is 0 Å². The normalized spacial score (nSPS) is 45.1. The molecule has 2 aliphatic carbocycles. The summed E-state index contributed by atoms with van der Waals surface area (Å²) in [7, 11) is -2.77. The van der Waals surface area contributed by atoms with E-state index in [1.54, 1.807) is 0 Å². The van der Waals surface area contributed by atoms with Crippen molar-refractivity contribution in [3.05, 3.63) is 0 Å². The third-order valence-corrected chi connectivity index (χ3v) is 8.58. The molecule has 4 atom stereocenters. The standard InChI is InChI=1S/C14H24O2S/c1-8(2)14(9(3)4)10-5-11-12(14)7-17(15,16)13(11)6-10/h8-13H,5-7H2,1-4H3. The molecule has 2 bridgehead atoms. The van der Waals surface area contributed by atoms with Gasteiger partial charge in [0.05, 0.1) is 11.0 Å². The molecule has 0 spiro atoms. The fourth-order valence-corrected chi connectivity index (χ4v) is 8.70. The van der Waals surface area contributed by atoms with E-state index < -0.39 is 9.84 Å². The Morgan fingerprint density at radius 2 is 1.65 bits per heavy atom. The second kappa shape index (κ2) is 3.28. The quantitative estimate of drug-likeness (QED) is 0.761. The zero-order chi connectivity index (χ0) is 12.6. The summed E-state index contributed by atoms with van der Waals surface area (Å²) in [4.78, 5) is 0. The Labute approximate surface area is 105 Å². The van der Waals surface area contributed by atoms with Gasteiger partial charge in [-0.1, -0.05) is 27.7 Å². The third-order valence-electron chi connectivity index (χ3n) is 6.29. The molecule has 0 radical (unpaired) electrons. The van der Waals surface area contributed by atoms with Gasteiger partial charge in [-0.25, -0.2) is 8.42 Å². The lowest BCUT2D eigenvalue weighted by atomic mass is 9.55. The minimum absolute atomic E-state index is 0.0307. The number of sulfone groups is 1. The maximum atomic E-state index is 12.2. The molecule has 98 valence electrons. The average molecular weight is 256 g/mol. The topological polar surface area (TPSA) is 34.1 Å². The minimum atomic E-state index is -2.77. The molecule has 0 amide bonds. The Bertz CT molecular complexity index is 427. The molecule has 0 aromatic carbocycles. The molecule has 3 heteroatoms. The first-order chi connectivity index (χ1) is 7.81. The molecule has 1 heterocycles. The summed E-state index contributed by atoms with van der Waals surface area (Å²) in [5.41, 5.74) is 0.296. The van der Waals surface area contributed by atoms with Crippen LogP contribution in [0.15, 0.2) is 0 Å². The number of hydrogen-bond acceptors (Lipinski definition) is 2. The van der Waals surface area contributed by atoms with Gasteiger partial charge in [0.15, 0.2) is 9.84 Å². The lowest BCUT2D eigenvalue weighted by molar-refractivity contribution is -0.00427. The van der Waals surface area contributed by atoms with Crippen LogP contribution in [0.4, 0.5) is 0 Å². The molecule has 2 saturated carbocycles. The molecule has 2 nitrogen and oxygen atoms in total. The fraction of sp³-hybridized carbons (Fsp3) is 1.00. The van der Waals surface area contributed by atoms with Crippen LogP contribution >= 0.6 is 0 Å². The minimum Gasteiger partial charge on any atom is -0.229 e. The zero-order valence-corrected chi connectivity index (χ0v) is 12.1. The van der Waals surface area contributed by atoms with E-state index in [0.717, 1.165) is 6.42 Å². The van der Waals surface area contributed by atoms with Crippen molar-refractivity contribution in [1.82, 2.24) is 0 Å². The van der Waals surface area contributed by atoms with E-state index >= 15 is 0 Å². The molecular formula is C14H24O2S. The molecule has 1 saturated heterocycles. The van der Waals surface area contributed by atoms with Crippen molar-refractivity contribution in [3.8, 4) is 0 Å². The SMILES string of the molecule is CC(C)C1(C(C)C)C2CC3C1CS(=O)(=O)C3C2. The van der Waals surface area contributed by atoms with E-state index in [4.69, 9.17) is 0 Å². The second-order valence-corrected chi connectivity index (χ2v) is 9.38. The predicted octanol–water partition coefficient (Wildman–Crippen LogP) is 2.74. The van der Waals surface area contributed by atoms with Crippen LogP contribution in [0.5, 0.6) is 0 Å². The van der Waals surface area contributed by atoms with Crippen LogP contribution in [0.2, 0.25) is 0 Å². The Morgan fingerprint density at radius 1 is 1.06 bits per heavy atom. The van der Waals surface area contributed by atoms with Crippen LogP contribution in [-0.2, 0) is 9.84 Å². The highest BCUT2D eigenvalue weighted by atomic mass is 32.2. The maximum absolute atomic E-state index is 12.2. The van der Waals surface area contributed by atoms with Gasteiger partial charge >= 0.3 is 0 Å². The summed E-state index contributed by atoms with van der Waals surface area (Å²) in [6, 6.07) is 0. The van der Waals surface area contributed by atoms with Crippen LogP contribution < -0.4 is 0 Å². The Hall–Kier alpha value is -0.0500. The van der Waals surface area contributed by atoms with Crippen molar-refractivity contribution in [2.24, 2.45) is 35.0 Å². The largest absolute Gasteiger partial charge is 0.229 e. The number of hydrogen-bond donors (Lipinski definition) is 0. The van der Waals surface area contributed by atoms with Crippen LogP contribution in [0.1, 0.15) is 40.5 Å². The molecule has 3 aliphatic rings. The van der Waals surface area contributed by atoms with E-state index in [-0.39, 0.29) is 5.25 Å². The molecule has 4 unspecified atom stereocenters. The molecule has 17 heavy (non-hydrogen) atoms. The van der Waals surface area contributed by atoms with Crippen molar-refractivity contribution < 1.29 is 8.42 Å². The van der Waals surface area contributed by atoms with Crippen LogP contribution in [-0.4, -0.2) is 19.4 Å². The molecule has 0 aromatic heterocycles. The molecule has 3 rings (SSSR count). The van der Waals surface area contributed by atoms with Gasteiger partial charge < -0.3 is 0 Å². The van der Waals surface area contributed by atoms with E-state index in [9.17, 15) is 8.42 Å². The predicted molar refractivity (Wildman–Crippen MR) is 69.4 cm³/mol. The highest BCUT2D eigenvalue weighted by Gasteiger charge is 2.69. The second-order valence-electron chi connectivity index (χ2n) is 7.12. The van der Waals surface area contributed by atoms with Crippen LogP contribution in [0, 0.1) is 35.0 Å². The molecule has 1 aliphatic heterocycles. The Balaban J connectivity index is 2.12. The van der Waals surface area contributed by atoms with Gasteiger partial charge in [0.2, 0.25) is 0 Å². The molecule has 0 aromatic rings. The average Bonchev–Trinajstić information content (AvgIpc) is 2.75. The summed E-state index contributed by atoms with van der Waals surface area (Å²) in [6.45, 7) is 9.22. The highest BCUT2D eigenvalue weighted by Crippen LogP contribution is 2.69. The Kier molecular flexibility index (Phi) is 2.32. The van der Waals surface area contributed by atoms with Crippen LogP contribution in [0.25, 0.3) is 0 Å². The van der Waals surface area contributed by atoms with Gasteiger partial charge in [0.1, 0.15) is 0 Å². The monoisotopic (exact) mass is 256 g/mol. The van der Waals surface area contributed by atoms with Gasteiger partial charge in [-0.15, -0.1) is 0 Å². The van der Waals surface area contributed by atoms with Crippen LogP contribution in [0.3, 0.4) is 0 Å². The van der Waals surface area contributed by atoms with Gasteiger partial charge in [-0.05, 0) is 47.8 Å².